The van der Waals surface area contributed by atoms with Crippen LogP contribution >= 0.6 is 0 Å². The van der Waals surface area contributed by atoms with Crippen LogP contribution in [0.3, 0.4) is 0 Å². The molecule has 1 aromatic rings. The molecule has 5 heteroatoms. The number of rotatable bonds is 4. The Hall–Kier alpha value is -1.59. The highest BCUT2D eigenvalue weighted by atomic mass is 16.5. The largest absolute Gasteiger partial charge is 0.376 e. The number of carbonyl (C=O) groups excluding carboxylic acids is 1. The maximum Gasteiger partial charge on any atom is 0.253 e. The van der Waals surface area contributed by atoms with Crippen molar-refractivity contribution in [3.63, 3.8) is 0 Å². The van der Waals surface area contributed by atoms with Crippen LogP contribution < -0.4 is 9.80 Å². The topological polar surface area (TPSA) is 42.0 Å². The number of anilines is 2. The summed E-state index contributed by atoms with van der Waals surface area (Å²) in [7, 11) is 2.08. The van der Waals surface area contributed by atoms with Gasteiger partial charge in [-0.25, -0.2) is 0 Å². The summed E-state index contributed by atoms with van der Waals surface area (Å²) in [5, 5.41) is 0. The molecular weight excluding hydrogens is 292 g/mol. The van der Waals surface area contributed by atoms with Crippen molar-refractivity contribution in [3.8, 4) is 0 Å². The van der Waals surface area contributed by atoms with Crippen molar-refractivity contribution >= 4 is 17.3 Å². The van der Waals surface area contributed by atoms with Crippen molar-refractivity contribution in [2.24, 2.45) is 5.92 Å². The van der Waals surface area contributed by atoms with E-state index in [1.165, 1.54) is 0 Å². The molecule has 5 nitrogen and oxygen atoms in total. The Balaban J connectivity index is 1.66. The van der Waals surface area contributed by atoms with Gasteiger partial charge in [0.1, 0.15) is 6.61 Å². The van der Waals surface area contributed by atoms with Gasteiger partial charge in [0.15, 0.2) is 0 Å². The van der Waals surface area contributed by atoms with Crippen LogP contribution in [0.2, 0.25) is 0 Å². The summed E-state index contributed by atoms with van der Waals surface area (Å²) in [4.78, 5) is 16.8. The highest BCUT2D eigenvalue weighted by Crippen LogP contribution is 2.32. The van der Waals surface area contributed by atoms with E-state index in [-0.39, 0.29) is 18.6 Å². The molecule has 1 saturated heterocycles. The molecule has 23 heavy (non-hydrogen) atoms. The minimum Gasteiger partial charge on any atom is -0.376 e. The number of ether oxygens (including phenoxy) is 2. The number of hydrogen-bond donors (Lipinski definition) is 0. The van der Waals surface area contributed by atoms with E-state index in [0.717, 1.165) is 43.9 Å². The lowest BCUT2D eigenvalue weighted by Crippen LogP contribution is -2.37. The van der Waals surface area contributed by atoms with E-state index >= 15 is 0 Å². The molecule has 1 aromatic carbocycles. The average Bonchev–Trinajstić information content (AvgIpc) is 3.01. The summed E-state index contributed by atoms with van der Waals surface area (Å²) in [5.74, 6) is 0.437. The third-order valence-corrected chi connectivity index (χ3v) is 4.52. The van der Waals surface area contributed by atoms with E-state index in [4.69, 9.17) is 9.47 Å². The van der Waals surface area contributed by atoms with Gasteiger partial charge in [0.25, 0.3) is 5.91 Å². The number of fused-ring (bicyclic) bond motifs is 1. The summed E-state index contributed by atoms with van der Waals surface area (Å²) in [5.41, 5.74) is 2.08. The van der Waals surface area contributed by atoms with E-state index < -0.39 is 0 Å². The van der Waals surface area contributed by atoms with Crippen molar-refractivity contribution in [2.75, 3.05) is 49.8 Å². The molecule has 1 amide bonds. The molecule has 126 valence electrons. The van der Waals surface area contributed by atoms with Gasteiger partial charge >= 0.3 is 0 Å². The second kappa shape index (κ2) is 7.32. The Morgan fingerprint density at radius 2 is 2.09 bits per heavy atom. The first-order chi connectivity index (χ1) is 11.1. The maximum atomic E-state index is 12.7. The Morgan fingerprint density at radius 1 is 1.30 bits per heavy atom. The zero-order valence-corrected chi connectivity index (χ0v) is 14.0. The minimum atomic E-state index is 0.0256. The molecule has 0 spiro atoms. The Bertz CT molecular complexity index is 543. The van der Waals surface area contributed by atoms with Crippen molar-refractivity contribution in [2.45, 2.75) is 25.9 Å². The van der Waals surface area contributed by atoms with Crippen LogP contribution in [0.25, 0.3) is 0 Å². The second-order valence-corrected chi connectivity index (χ2v) is 6.63. The quantitative estimate of drug-likeness (QED) is 0.854. The molecule has 0 bridgehead atoms. The summed E-state index contributed by atoms with van der Waals surface area (Å²) >= 11 is 0. The fourth-order valence-corrected chi connectivity index (χ4v) is 3.42. The number of para-hydroxylation sites is 2. The van der Waals surface area contributed by atoms with E-state index in [1.54, 1.807) is 0 Å². The van der Waals surface area contributed by atoms with Crippen LogP contribution in [0.1, 0.15) is 19.8 Å². The van der Waals surface area contributed by atoms with E-state index in [2.05, 4.69) is 24.9 Å². The number of nitrogens with zero attached hydrogens (tertiary/aromatic N) is 2. The Kier molecular flexibility index (Phi) is 5.18. The predicted octanol–water partition coefficient (Wildman–Crippen LogP) is 2.30. The molecule has 3 rings (SSSR count). The molecule has 0 aliphatic carbocycles. The molecule has 2 aliphatic rings. The molecule has 1 fully saturated rings. The first-order valence-electron chi connectivity index (χ1n) is 8.45. The van der Waals surface area contributed by atoms with Gasteiger partial charge in [-0.1, -0.05) is 19.1 Å². The zero-order valence-electron chi connectivity index (χ0n) is 14.0. The zero-order chi connectivity index (χ0) is 16.2. The summed E-state index contributed by atoms with van der Waals surface area (Å²) < 4.78 is 11.2. The number of amides is 1. The third kappa shape index (κ3) is 3.85. The summed E-state index contributed by atoms with van der Waals surface area (Å²) in [6.07, 6.45) is 2.28. The predicted molar refractivity (Wildman–Crippen MR) is 91.0 cm³/mol. The van der Waals surface area contributed by atoms with Crippen molar-refractivity contribution in [3.05, 3.63) is 24.3 Å². The fourth-order valence-electron chi connectivity index (χ4n) is 3.42. The Morgan fingerprint density at radius 3 is 2.83 bits per heavy atom. The van der Waals surface area contributed by atoms with Crippen molar-refractivity contribution in [1.82, 2.24) is 0 Å². The van der Waals surface area contributed by atoms with Crippen LogP contribution in [0.15, 0.2) is 24.3 Å². The summed E-state index contributed by atoms with van der Waals surface area (Å²) in [6.45, 7) is 5.28. The Labute approximate surface area is 138 Å². The summed E-state index contributed by atoms with van der Waals surface area (Å²) in [6, 6.07) is 8.08. The third-order valence-electron chi connectivity index (χ3n) is 4.52. The lowest BCUT2D eigenvalue weighted by molar-refractivity contribution is -0.124. The van der Waals surface area contributed by atoms with Crippen LogP contribution in [0.4, 0.5) is 11.4 Å². The number of benzene rings is 1. The van der Waals surface area contributed by atoms with Gasteiger partial charge in [-0.15, -0.1) is 0 Å². The lowest BCUT2D eigenvalue weighted by atomic mass is 10.1. The van der Waals surface area contributed by atoms with Crippen LogP contribution in [0, 0.1) is 5.92 Å². The molecule has 2 atom stereocenters. The van der Waals surface area contributed by atoms with Crippen LogP contribution in [0.5, 0.6) is 0 Å². The van der Waals surface area contributed by atoms with Gasteiger partial charge in [0.2, 0.25) is 0 Å². The highest BCUT2D eigenvalue weighted by Gasteiger charge is 2.26. The van der Waals surface area contributed by atoms with Gasteiger partial charge in [0, 0.05) is 26.7 Å². The molecule has 0 N–H and O–H groups in total. The van der Waals surface area contributed by atoms with E-state index in [0.29, 0.717) is 12.5 Å². The first kappa shape index (κ1) is 16.3. The SMILES string of the molecule is C[C@H]1CN(C)c2ccccc2N(C(=O)COC[C@@H]2CCCO2)C1. The monoisotopic (exact) mass is 318 g/mol. The van der Waals surface area contributed by atoms with Crippen LogP contribution in [-0.2, 0) is 14.3 Å². The molecular formula is C18H26N2O3. The fraction of sp³-hybridized carbons (Fsp3) is 0.611. The molecule has 2 aliphatic heterocycles. The lowest BCUT2D eigenvalue weighted by Gasteiger charge is -2.24. The highest BCUT2D eigenvalue weighted by molar-refractivity contribution is 5.98. The van der Waals surface area contributed by atoms with Gasteiger partial charge in [-0.05, 0) is 30.9 Å². The van der Waals surface area contributed by atoms with Gasteiger partial charge in [0.05, 0.1) is 24.1 Å². The minimum absolute atomic E-state index is 0.0256. The number of hydrogen-bond acceptors (Lipinski definition) is 4. The smallest absolute Gasteiger partial charge is 0.253 e. The van der Waals surface area contributed by atoms with Gasteiger partial charge in [-0.3, -0.25) is 4.79 Å². The second-order valence-electron chi connectivity index (χ2n) is 6.63. The molecule has 0 saturated carbocycles. The van der Waals surface area contributed by atoms with Gasteiger partial charge in [-0.2, -0.15) is 0 Å². The molecule has 0 radical (unpaired) electrons. The standard InChI is InChI=1S/C18H26N2O3/c1-14-10-19(2)16-7-3-4-8-17(16)20(11-14)18(21)13-22-12-15-6-5-9-23-15/h3-4,7-8,14-15H,5-6,9-13H2,1-2H3/t14-,15-/m0/s1. The van der Waals surface area contributed by atoms with Crippen LogP contribution in [-0.4, -0.2) is 52.0 Å². The van der Waals surface area contributed by atoms with Crippen molar-refractivity contribution < 1.29 is 14.3 Å². The first-order valence-corrected chi connectivity index (χ1v) is 8.45. The normalized spacial score (nSPS) is 24.4. The molecule has 0 unspecified atom stereocenters. The molecule has 2 heterocycles. The number of carbonyl (C=O) groups is 1. The average molecular weight is 318 g/mol. The molecule has 0 aromatic heterocycles. The van der Waals surface area contributed by atoms with E-state index in [9.17, 15) is 4.79 Å². The maximum absolute atomic E-state index is 12.7. The van der Waals surface area contributed by atoms with Gasteiger partial charge < -0.3 is 19.3 Å². The van der Waals surface area contributed by atoms with Crippen molar-refractivity contribution in [1.29, 1.82) is 0 Å². The van der Waals surface area contributed by atoms with E-state index in [1.807, 2.05) is 23.1 Å².